The van der Waals surface area contributed by atoms with Crippen LogP contribution in [0.4, 0.5) is 14.9 Å². The zero-order chi connectivity index (χ0) is 23.0. The average molecular weight is 462 g/mol. The van der Waals surface area contributed by atoms with Crippen LogP contribution >= 0.6 is 23.2 Å². The fraction of sp³-hybridized carbons (Fsp3) is 0.150. The highest BCUT2D eigenvalue weighted by atomic mass is 35.5. The topological polar surface area (TPSA) is 127 Å². The van der Waals surface area contributed by atoms with Gasteiger partial charge in [0.15, 0.2) is 0 Å². The Kier molecular flexibility index (Phi) is 8.33. The lowest BCUT2D eigenvalue weighted by Crippen LogP contribution is -2.36. The quantitative estimate of drug-likeness (QED) is 0.485. The molecule has 2 amide bonds. The smallest absolute Gasteiger partial charge is 0.414 e. The Morgan fingerprint density at radius 2 is 1.81 bits per heavy atom. The van der Waals surface area contributed by atoms with E-state index in [0.29, 0.717) is 11.1 Å². The third-order valence-corrected chi connectivity index (χ3v) is 4.43. The first-order chi connectivity index (χ1) is 14.8. The van der Waals surface area contributed by atoms with Gasteiger partial charge in [0.2, 0.25) is 5.71 Å². The molecule has 11 heteroatoms. The number of nitrogens with one attached hydrogen (secondary N) is 2. The lowest BCUT2D eigenvalue weighted by molar-refractivity contribution is -0.114. The maximum Gasteiger partial charge on any atom is 0.414 e. The Hall–Kier alpha value is -3.66. The summed E-state index contributed by atoms with van der Waals surface area (Å²) in [6.07, 6.45) is -1.02. The first-order valence-corrected chi connectivity index (χ1v) is 9.42. The van der Waals surface area contributed by atoms with Gasteiger partial charge < -0.3 is 4.74 Å². The van der Waals surface area contributed by atoms with E-state index >= 15 is 0 Å². The third-order valence-electron chi connectivity index (χ3n) is 3.81. The molecule has 0 bridgehead atoms. The van der Waals surface area contributed by atoms with Crippen molar-refractivity contribution in [2.45, 2.75) is 12.8 Å². The molecule has 31 heavy (non-hydrogen) atoms. The summed E-state index contributed by atoms with van der Waals surface area (Å²) in [5, 5.41) is 24.3. The van der Waals surface area contributed by atoms with E-state index < -0.39 is 29.4 Å². The lowest BCUT2D eigenvalue weighted by atomic mass is 9.92. The predicted molar refractivity (Wildman–Crippen MR) is 112 cm³/mol. The minimum atomic E-state index is -1.07. The van der Waals surface area contributed by atoms with Gasteiger partial charge in [0.1, 0.15) is 11.9 Å². The fourth-order valence-corrected chi connectivity index (χ4v) is 3.16. The first-order valence-electron chi connectivity index (χ1n) is 8.66. The monoisotopic (exact) mass is 461 g/mol. The highest BCUT2D eigenvalue weighted by Gasteiger charge is 2.21. The summed E-state index contributed by atoms with van der Waals surface area (Å²) in [5.41, 5.74) is 2.81. The van der Waals surface area contributed by atoms with Crippen LogP contribution in [0, 0.1) is 28.5 Å². The molecule has 0 aliphatic rings. The molecule has 158 valence electrons. The van der Waals surface area contributed by atoms with Crippen molar-refractivity contribution in [2.75, 3.05) is 12.0 Å². The fourth-order valence-electron chi connectivity index (χ4n) is 2.45. The van der Waals surface area contributed by atoms with Crippen molar-refractivity contribution < 1.29 is 18.7 Å². The summed E-state index contributed by atoms with van der Waals surface area (Å²) < 4.78 is 17.7. The number of halogens is 3. The van der Waals surface area contributed by atoms with Crippen molar-refractivity contribution in [1.29, 1.82) is 10.5 Å². The predicted octanol–water partition coefficient (Wildman–Crippen LogP) is 4.35. The molecule has 8 nitrogen and oxygen atoms in total. The van der Waals surface area contributed by atoms with Crippen LogP contribution in [0.5, 0.6) is 0 Å². The molecule has 0 aliphatic carbocycles. The molecule has 2 N–H and O–H groups in total. The standard InChI is InChI=1S/C20H14Cl2FN5O3/c1-2-31-20(30)26-19(29)17(10-25)28-27-13-7-15(21)18(16(22)8-13)14(9-24)11-3-5-12(23)6-4-11/h3-8,14,27H,2H2,1H3,(H,26,29,30). The van der Waals surface area contributed by atoms with Crippen LogP contribution < -0.4 is 10.7 Å². The van der Waals surface area contributed by atoms with Gasteiger partial charge in [-0.15, -0.1) is 0 Å². The third kappa shape index (κ3) is 6.16. The van der Waals surface area contributed by atoms with E-state index in [1.165, 1.54) is 36.4 Å². The minimum absolute atomic E-state index is 0.0430. The highest BCUT2D eigenvalue weighted by Crippen LogP contribution is 2.37. The second kappa shape index (κ2) is 10.9. The maximum absolute atomic E-state index is 13.2. The molecular weight excluding hydrogens is 448 g/mol. The van der Waals surface area contributed by atoms with E-state index in [1.807, 2.05) is 5.32 Å². The molecule has 1 unspecified atom stereocenters. The number of hydrogen-bond donors (Lipinski definition) is 2. The molecule has 0 saturated carbocycles. The van der Waals surface area contributed by atoms with Crippen LogP contribution in [0.25, 0.3) is 0 Å². The molecule has 0 spiro atoms. The Morgan fingerprint density at radius 3 is 2.32 bits per heavy atom. The summed E-state index contributed by atoms with van der Waals surface area (Å²) in [4.78, 5) is 23.1. The van der Waals surface area contributed by atoms with E-state index in [0.717, 1.165) is 0 Å². The first kappa shape index (κ1) is 23.6. The number of hydrogen-bond acceptors (Lipinski definition) is 7. The number of anilines is 1. The number of carbonyl (C=O) groups is 2. The number of nitrogens with zero attached hydrogens (tertiary/aromatic N) is 3. The van der Waals surface area contributed by atoms with Crippen LogP contribution in [0.2, 0.25) is 10.0 Å². The zero-order valence-electron chi connectivity index (χ0n) is 15.9. The highest BCUT2D eigenvalue weighted by molar-refractivity contribution is 6.47. The molecule has 0 saturated heterocycles. The molecular formula is C20H14Cl2FN5O3. The normalized spacial score (nSPS) is 11.6. The summed E-state index contributed by atoms with van der Waals surface area (Å²) in [5.74, 6) is -2.37. The molecule has 0 heterocycles. The van der Waals surface area contributed by atoms with Gasteiger partial charge in [0.25, 0.3) is 5.91 Å². The second-order valence-corrected chi connectivity index (χ2v) is 6.64. The van der Waals surface area contributed by atoms with Crippen LogP contribution in [0.15, 0.2) is 41.5 Å². The molecule has 0 fully saturated rings. The van der Waals surface area contributed by atoms with Gasteiger partial charge >= 0.3 is 6.09 Å². The van der Waals surface area contributed by atoms with Crippen LogP contribution in [0.1, 0.15) is 24.0 Å². The average Bonchev–Trinajstić information content (AvgIpc) is 2.72. The second-order valence-electron chi connectivity index (χ2n) is 5.83. The lowest BCUT2D eigenvalue weighted by Gasteiger charge is -2.15. The van der Waals surface area contributed by atoms with Crippen LogP contribution in [-0.4, -0.2) is 24.3 Å². The van der Waals surface area contributed by atoms with Crippen molar-refractivity contribution >= 4 is 46.6 Å². The molecule has 2 aromatic carbocycles. The maximum atomic E-state index is 13.2. The van der Waals surface area contributed by atoms with Crippen molar-refractivity contribution in [3.63, 3.8) is 0 Å². The number of rotatable bonds is 6. The molecule has 2 aromatic rings. The Balaban J connectivity index is 2.27. The van der Waals surface area contributed by atoms with Crippen molar-refractivity contribution in [1.82, 2.24) is 5.32 Å². The number of imide groups is 1. The van der Waals surface area contributed by atoms with Gasteiger partial charge in [-0.1, -0.05) is 35.3 Å². The molecule has 0 aromatic heterocycles. The molecule has 1 atom stereocenters. The Labute approximate surface area is 186 Å². The molecule has 2 rings (SSSR count). The number of benzene rings is 2. The van der Waals surface area contributed by atoms with E-state index in [-0.39, 0.29) is 22.3 Å². The number of carbonyl (C=O) groups excluding carboxylic acids is 2. The van der Waals surface area contributed by atoms with Crippen molar-refractivity contribution in [3.8, 4) is 12.1 Å². The van der Waals surface area contributed by atoms with Gasteiger partial charge in [0, 0.05) is 15.6 Å². The number of amides is 2. The van der Waals surface area contributed by atoms with Gasteiger partial charge in [0.05, 0.1) is 24.3 Å². The van der Waals surface area contributed by atoms with E-state index in [4.69, 9.17) is 28.5 Å². The van der Waals surface area contributed by atoms with Crippen molar-refractivity contribution in [2.24, 2.45) is 5.10 Å². The van der Waals surface area contributed by atoms with Gasteiger partial charge in [-0.25, -0.2) is 9.18 Å². The summed E-state index contributed by atoms with van der Waals surface area (Å²) in [6, 6.07) is 11.7. The summed E-state index contributed by atoms with van der Waals surface area (Å²) in [6.45, 7) is 1.59. The largest absolute Gasteiger partial charge is 0.450 e. The van der Waals surface area contributed by atoms with Crippen molar-refractivity contribution in [3.05, 3.63) is 63.4 Å². The van der Waals surface area contributed by atoms with Gasteiger partial charge in [-0.2, -0.15) is 15.6 Å². The zero-order valence-corrected chi connectivity index (χ0v) is 17.5. The van der Waals surface area contributed by atoms with E-state index in [9.17, 15) is 19.2 Å². The number of nitriles is 2. The van der Waals surface area contributed by atoms with Crippen LogP contribution in [0.3, 0.4) is 0 Å². The molecule has 0 aliphatic heterocycles. The summed E-state index contributed by atoms with van der Waals surface area (Å²) >= 11 is 12.6. The molecule has 0 radical (unpaired) electrons. The SMILES string of the molecule is CCOC(=O)NC(=O)C(C#N)=NNc1cc(Cl)c(C(C#N)c2ccc(F)cc2)c(Cl)c1. The number of alkyl carbamates (subject to hydrolysis) is 1. The minimum Gasteiger partial charge on any atom is -0.450 e. The van der Waals surface area contributed by atoms with E-state index in [2.05, 4.69) is 21.3 Å². The Bertz CT molecular complexity index is 1080. The van der Waals surface area contributed by atoms with Gasteiger partial charge in [-0.3, -0.25) is 15.5 Å². The number of ether oxygens (including phenoxy) is 1. The van der Waals surface area contributed by atoms with E-state index in [1.54, 1.807) is 13.0 Å². The number of hydrazone groups is 1. The summed E-state index contributed by atoms with van der Waals surface area (Å²) in [7, 11) is 0. The Morgan fingerprint density at radius 1 is 1.19 bits per heavy atom. The van der Waals surface area contributed by atoms with Gasteiger partial charge in [-0.05, 0) is 36.8 Å². The van der Waals surface area contributed by atoms with Crippen LogP contribution in [-0.2, 0) is 9.53 Å².